The van der Waals surface area contributed by atoms with E-state index in [1.807, 2.05) is 37.3 Å². The average molecular weight is 348 g/mol. The first kappa shape index (κ1) is 17.5. The van der Waals surface area contributed by atoms with Crippen LogP contribution in [0.15, 0.2) is 35.2 Å². The van der Waals surface area contributed by atoms with Crippen LogP contribution < -0.4 is 0 Å². The molecular formula is C19H24O4S. The maximum Gasteiger partial charge on any atom is 0.338 e. The molecule has 1 aliphatic heterocycles. The second-order valence-electron chi connectivity index (χ2n) is 6.27. The van der Waals surface area contributed by atoms with E-state index < -0.39 is 11.2 Å². The molecule has 1 aliphatic carbocycles. The monoisotopic (exact) mass is 348 g/mol. The Balaban J connectivity index is 1.81. The van der Waals surface area contributed by atoms with Crippen molar-refractivity contribution in [2.24, 2.45) is 5.92 Å². The molecule has 1 unspecified atom stereocenters. The zero-order valence-corrected chi connectivity index (χ0v) is 14.8. The number of allylic oxidation sites excluding steroid dienone is 1. The van der Waals surface area contributed by atoms with E-state index in [4.69, 9.17) is 9.47 Å². The number of ether oxygens (including phenoxy) is 2. The molecule has 2 aliphatic rings. The van der Waals surface area contributed by atoms with Crippen LogP contribution in [0.4, 0.5) is 0 Å². The fourth-order valence-electron chi connectivity index (χ4n) is 2.85. The molecule has 0 bridgehead atoms. The van der Waals surface area contributed by atoms with E-state index in [1.165, 1.54) is 0 Å². The van der Waals surface area contributed by atoms with Gasteiger partial charge in [-0.15, -0.1) is 0 Å². The van der Waals surface area contributed by atoms with Crippen molar-refractivity contribution >= 4 is 22.7 Å². The lowest BCUT2D eigenvalue weighted by Gasteiger charge is -2.20. The summed E-state index contributed by atoms with van der Waals surface area (Å²) in [6.07, 6.45) is 5.96. The topological polar surface area (TPSA) is 58.6 Å². The largest absolute Gasteiger partial charge is 0.611 e. The van der Waals surface area contributed by atoms with Crippen LogP contribution >= 0.6 is 0 Å². The number of hydrogen-bond donors (Lipinski definition) is 0. The van der Waals surface area contributed by atoms with E-state index >= 15 is 0 Å². The number of hydrogen-bond acceptors (Lipinski definition) is 4. The molecular weight excluding hydrogens is 324 g/mol. The van der Waals surface area contributed by atoms with Crippen LogP contribution in [-0.4, -0.2) is 35.6 Å². The van der Waals surface area contributed by atoms with Crippen LogP contribution in [0, 0.1) is 5.92 Å². The number of rotatable bonds is 6. The molecule has 5 heteroatoms. The lowest BCUT2D eigenvalue weighted by atomic mass is 9.94. The smallest absolute Gasteiger partial charge is 0.338 e. The van der Waals surface area contributed by atoms with Crippen molar-refractivity contribution in [2.75, 3.05) is 19.8 Å². The second kappa shape index (κ2) is 8.19. The van der Waals surface area contributed by atoms with Crippen molar-refractivity contribution in [3.8, 4) is 0 Å². The molecule has 0 radical (unpaired) electrons. The molecule has 0 N–H and O–H groups in total. The maximum atomic E-state index is 12.4. The Hall–Kier alpha value is -1.30. The van der Waals surface area contributed by atoms with Crippen molar-refractivity contribution in [1.82, 2.24) is 0 Å². The predicted octanol–water partition coefficient (Wildman–Crippen LogP) is 3.33. The third kappa shape index (κ3) is 4.41. The SMILES string of the molecule is CCOC(=O)C(=CC1CCOCC1)c1ccc([S+]([O-])C2CC2)cc1. The van der Waals surface area contributed by atoms with Gasteiger partial charge in [-0.25, -0.2) is 4.79 Å². The molecule has 0 amide bonds. The molecule has 1 aromatic rings. The molecule has 130 valence electrons. The summed E-state index contributed by atoms with van der Waals surface area (Å²) in [6, 6.07) is 7.52. The molecule has 0 spiro atoms. The molecule has 2 fully saturated rings. The molecule has 24 heavy (non-hydrogen) atoms. The summed E-state index contributed by atoms with van der Waals surface area (Å²) in [5, 5.41) is 0.318. The van der Waals surface area contributed by atoms with E-state index in [-0.39, 0.29) is 5.97 Å². The molecule has 4 nitrogen and oxygen atoms in total. The fourth-order valence-corrected chi connectivity index (χ4v) is 4.21. The van der Waals surface area contributed by atoms with Crippen LogP contribution in [0.2, 0.25) is 0 Å². The van der Waals surface area contributed by atoms with Gasteiger partial charge in [0.25, 0.3) is 0 Å². The Morgan fingerprint density at radius 2 is 1.92 bits per heavy atom. The molecule has 1 heterocycles. The van der Waals surface area contributed by atoms with E-state index in [1.54, 1.807) is 0 Å². The lowest BCUT2D eigenvalue weighted by molar-refractivity contribution is -0.136. The van der Waals surface area contributed by atoms with Gasteiger partial charge in [-0.1, -0.05) is 6.08 Å². The van der Waals surface area contributed by atoms with Crippen molar-refractivity contribution in [3.05, 3.63) is 35.9 Å². The third-order valence-electron chi connectivity index (χ3n) is 4.39. The Kier molecular flexibility index (Phi) is 5.98. The highest BCUT2D eigenvalue weighted by Gasteiger charge is 2.35. The number of esters is 1. The van der Waals surface area contributed by atoms with E-state index in [0.717, 1.165) is 49.4 Å². The number of carbonyl (C=O) groups is 1. The van der Waals surface area contributed by atoms with Crippen LogP contribution in [0.25, 0.3) is 5.57 Å². The average Bonchev–Trinajstić information content (AvgIpc) is 3.45. The summed E-state index contributed by atoms with van der Waals surface area (Å²) in [4.78, 5) is 13.2. The fraction of sp³-hybridized carbons (Fsp3) is 0.526. The summed E-state index contributed by atoms with van der Waals surface area (Å²) < 4.78 is 22.8. The van der Waals surface area contributed by atoms with E-state index in [0.29, 0.717) is 23.3 Å². The predicted molar refractivity (Wildman–Crippen MR) is 94.0 cm³/mol. The van der Waals surface area contributed by atoms with Gasteiger partial charge < -0.3 is 14.0 Å². The minimum Gasteiger partial charge on any atom is -0.611 e. The minimum atomic E-state index is -0.918. The standard InChI is InChI=1S/C19H24O4S/c1-2-23-19(20)18(13-14-9-11-22-12-10-14)15-3-5-16(6-4-15)24(21)17-7-8-17/h3-6,13-14,17H,2,7-12H2,1H3. The molecule has 1 aromatic carbocycles. The summed E-state index contributed by atoms with van der Waals surface area (Å²) in [5.41, 5.74) is 1.43. The van der Waals surface area contributed by atoms with Crippen molar-refractivity contribution in [2.45, 2.75) is 42.8 Å². The van der Waals surface area contributed by atoms with Crippen molar-refractivity contribution in [1.29, 1.82) is 0 Å². The molecule has 1 atom stereocenters. The number of carbonyl (C=O) groups excluding carboxylic acids is 1. The first-order valence-electron chi connectivity index (χ1n) is 8.66. The normalized spacial score (nSPS) is 20.7. The minimum absolute atomic E-state index is 0.292. The van der Waals surface area contributed by atoms with Gasteiger partial charge in [0, 0.05) is 26.1 Å². The zero-order valence-electron chi connectivity index (χ0n) is 14.0. The quantitative estimate of drug-likeness (QED) is 0.449. The van der Waals surface area contributed by atoms with Gasteiger partial charge in [0.2, 0.25) is 0 Å². The lowest BCUT2D eigenvalue weighted by Crippen LogP contribution is -2.16. The molecule has 1 saturated heterocycles. The maximum absolute atomic E-state index is 12.4. The van der Waals surface area contributed by atoms with Gasteiger partial charge in [-0.3, -0.25) is 0 Å². The summed E-state index contributed by atoms with van der Waals surface area (Å²) in [6.45, 7) is 3.63. The summed E-state index contributed by atoms with van der Waals surface area (Å²) >= 11 is -0.918. The van der Waals surface area contributed by atoms with Crippen molar-refractivity contribution < 1.29 is 18.8 Å². The summed E-state index contributed by atoms with van der Waals surface area (Å²) in [7, 11) is 0. The first-order chi connectivity index (χ1) is 11.7. The highest BCUT2D eigenvalue weighted by molar-refractivity contribution is 7.92. The van der Waals surface area contributed by atoms with Crippen LogP contribution in [0.3, 0.4) is 0 Å². The second-order valence-corrected chi connectivity index (χ2v) is 8.00. The first-order valence-corrected chi connectivity index (χ1v) is 9.88. The van der Waals surface area contributed by atoms with Crippen LogP contribution in [-0.2, 0) is 25.4 Å². The van der Waals surface area contributed by atoms with Gasteiger partial charge in [-0.05, 0) is 66.7 Å². The van der Waals surface area contributed by atoms with Gasteiger partial charge in [0.1, 0.15) is 5.25 Å². The third-order valence-corrected chi connectivity index (χ3v) is 6.20. The Morgan fingerprint density at radius 1 is 1.25 bits per heavy atom. The molecule has 0 aromatic heterocycles. The highest BCUT2D eigenvalue weighted by Crippen LogP contribution is 2.34. The zero-order chi connectivity index (χ0) is 16.9. The highest BCUT2D eigenvalue weighted by atomic mass is 32.2. The van der Waals surface area contributed by atoms with Gasteiger partial charge in [0.05, 0.1) is 12.2 Å². The van der Waals surface area contributed by atoms with Crippen LogP contribution in [0.5, 0.6) is 0 Å². The Labute approximate surface area is 146 Å². The van der Waals surface area contributed by atoms with Gasteiger partial charge in [-0.2, -0.15) is 0 Å². The number of benzene rings is 1. The van der Waals surface area contributed by atoms with E-state index in [9.17, 15) is 9.35 Å². The van der Waals surface area contributed by atoms with Crippen LogP contribution in [0.1, 0.15) is 38.2 Å². The molecule has 3 rings (SSSR count). The Morgan fingerprint density at radius 3 is 2.50 bits per heavy atom. The molecule has 1 saturated carbocycles. The Bertz CT molecular complexity index is 586. The van der Waals surface area contributed by atoms with Gasteiger partial charge >= 0.3 is 5.97 Å². The summed E-state index contributed by atoms with van der Waals surface area (Å²) in [5.74, 6) is 0.0403. The van der Waals surface area contributed by atoms with E-state index in [2.05, 4.69) is 0 Å². The van der Waals surface area contributed by atoms with Gasteiger partial charge in [0.15, 0.2) is 4.90 Å². The van der Waals surface area contributed by atoms with Crippen molar-refractivity contribution in [3.63, 3.8) is 0 Å².